The summed E-state index contributed by atoms with van der Waals surface area (Å²) in [6, 6.07) is 0. The molecule has 6 N–H and O–H groups in total. The summed E-state index contributed by atoms with van der Waals surface area (Å²) < 4.78 is 42.4. The predicted molar refractivity (Wildman–Crippen MR) is 238 cm³/mol. The Bertz CT molecular complexity index is 1610. The van der Waals surface area contributed by atoms with Crippen LogP contribution in [0.15, 0.2) is 48.6 Å². The molecule has 0 radical (unpaired) electrons. The van der Waals surface area contributed by atoms with Crippen molar-refractivity contribution in [3.63, 3.8) is 0 Å². The molecule has 3 saturated heterocycles. The molecule has 22 unspecified atom stereocenters. The van der Waals surface area contributed by atoms with Gasteiger partial charge in [-0.05, 0) is 33.6 Å². The Morgan fingerprint density at radius 1 is 0.688 bits per heavy atom. The second-order valence-electron chi connectivity index (χ2n) is 19.2. The van der Waals surface area contributed by atoms with E-state index < -0.39 is 120 Å². The zero-order chi connectivity index (χ0) is 47.8. The van der Waals surface area contributed by atoms with Gasteiger partial charge in [-0.1, -0.05) is 91.8 Å². The summed E-state index contributed by atoms with van der Waals surface area (Å²) in [5.41, 5.74) is 0. The maximum absolute atomic E-state index is 13.4. The van der Waals surface area contributed by atoms with Crippen molar-refractivity contribution < 1.29 is 73.4 Å². The predicted octanol–water partition coefficient (Wildman–Crippen LogP) is 4.89. The lowest BCUT2D eigenvalue weighted by atomic mass is 9.76. The van der Waals surface area contributed by atoms with Crippen molar-refractivity contribution >= 4 is 11.9 Å². The Kier molecular flexibility index (Phi) is 19.8. The number of rotatable bonds is 13. The minimum absolute atomic E-state index is 0.0102. The van der Waals surface area contributed by atoms with Gasteiger partial charge in [0.1, 0.15) is 18.3 Å². The minimum atomic E-state index is -1.86. The van der Waals surface area contributed by atoms with Crippen molar-refractivity contribution in [2.45, 2.75) is 193 Å². The van der Waals surface area contributed by atoms with Crippen LogP contribution in [0.3, 0.4) is 0 Å². The molecule has 15 nitrogen and oxygen atoms in total. The van der Waals surface area contributed by atoms with Crippen LogP contribution >= 0.6 is 0 Å². The summed E-state index contributed by atoms with van der Waals surface area (Å²) in [4.78, 5) is 26.7. The fourth-order valence-corrected chi connectivity index (χ4v) is 10.4. The van der Waals surface area contributed by atoms with Gasteiger partial charge in [-0.25, -0.2) is 9.59 Å². The number of allylic oxidation sites excluding steroid dienone is 4. The van der Waals surface area contributed by atoms with Gasteiger partial charge in [0.15, 0.2) is 17.9 Å². The van der Waals surface area contributed by atoms with E-state index in [9.17, 15) is 40.2 Å². The number of ether oxygens (including phenoxy) is 7. The van der Waals surface area contributed by atoms with Crippen LogP contribution in [-0.2, 0) is 42.7 Å². The highest BCUT2D eigenvalue weighted by atomic mass is 16.7. The number of methoxy groups -OCH3 is 1. The van der Waals surface area contributed by atoms with E-state index in [4.69, 9.17) is 33.2 Å². The Hall–Kier alpha value is -2.54. The fraction of sp³-hybridized carbons (Fsp3) is 0.796. The van der Waals surface area contributed by atoms with Gasteiger partial charge in [0.05, 0.1) is 48.8 Å². The molecule has 22 atom stereocenters. The van der Waals surface area contributed by atoms with Crippen LogP contribution in [0.2, 0.25) is 0 Å². The van der Waals surface area contributed by atoms with Crippen molar-refractivity contribution in [2.24, 2.45) is 47.3 Å². The molecule has 0 saturated carbocycles. The SMILES string of the molecule is CCC1C(C)OC(O)(C(C)C(O)C(C)C2OC(=O)/C=C/C=C/C(C)C(C(C)C(O)C(C)C3(O)CC(OC4CC(O)C(O)C(C)O4)C(CC)C(C)O3)OC(=O)/C=C/C=C/C2C)CC1OC. The van der Waals surface area contributed by atoms with Crippen LogP contribution in [0.5, 0.6) is 0 Å². The topological polar surface area (TPSA) is 220 Å². The number of hydrogen-bond donors (Lipinski definition) is 6. The third-order valence-electron chi connectivity index (χ3n) is 14.8. The largest absolute Gasteiger partial charge is 0.458 e. The Morgan fingerprint density at radius 2 is 1.11 bits per heavy atom. The van der Waals surface area contributed by atoms with Crippen molar-refractivity contribution in [1.29, 1.82) is 0 Å². The van der Waals surface area contributed by atoms with E-state index in [1.54, 1.807) is 66.0 Å². The van der Waals surface area contributed by atoms with E-state index in [1.165, 1.54) is 24.3 Å². The van der Waals surface area contributed by atoms with Crippen LogP contribution in [-0.4, -0.2) is 135 Å². The van der Waals surface area contributed by atoms with E-state index in [2.05, 4.69) is 0 Å². The zero-order valence-electron chi connectivity index (χ0n) is 40.1. The third kappa shape index (κ3) is 12.9. The molecule has 0 aromatic rings. The molecule has 0 spiro atoms. The van der Waals surface area contributed by atoms with Crippen molar-refractivity contribution in [2.75, 3.05) is 7.11 Å². The number of carbonyl (C=O) groups excluding carboxylic acids is 2. The summed E-state index contributed by atoms with van der Waals surface area (Å²) in [6.45, 7) is 19.9. The molecule has 366 valence electrons. The average Bonchev–Trinajstić information content (AvgIpc) is 3.24. The molecule has 0 amide bonds. The van der Waals surface area contributed by atoms with E-state index in [-0.39, 0.29) is 43.3 Å². The van der Waals surface area contributed by atoms with Crippen molar-refractivity contribution in [1.82, 2.24) is 0 Å². The molecule has 4 heterocycles. The minimum Gasteiger partial charge on any atom is -0.458 e. The summed E-state index contributed by atoms with van der Waals surface area (Å²) in [5, 5.41) is 68.1. The maximum Gasteiger partial charge on any atom is 0.331 e. The molecule has 64 heavy (non-hydrogen) atoms. The van der Waals surface area contributed by atoms with Gasteiger partial charge < -0.3 is 63.8 Å². The van der Waals surface area contributed by atoms with Gasteiger partial charge in [0.2, 0.25) is 0 Å². The normalized spacial score (nSPS) is 44.2. The molecule has 3 fully saturated rings. The van der Waals surface area contributed by atoms with Gasteiger partial charge in [-0.2, -0.15) is 0 Å². The summed E-state index contributed by atoms with van der Waals surface area (Å²) in [6.07, 6.45) is 4.65. The molecule has 0 aromatic carbocycles. The lowest BCUT2D eigenvalue weighted by molar-refractivity contribution is -0.344. The molecular formula is C49H80O15. The molecule has 0 aromatic heterocycles. The molecule has 4 aliphatic heterocycles. The number of hydrogen-bond acceptors (Lipinski definition) is 15. The first-order chi connectivity index (χ1) is 30.0. The Balaban J connectivity index is 1.50. The highest BCUT2D eigenvalue weighted by Gasteiger charge is 2.53. The van der Waals surface area contributed by atoms with Gasteiger partial charge in [0, 0.05) is 85.9 Å². The third-order valence-corrected chi connectivity index (χ3v) is 14.8. The summed E-state index contributed by atoms with van der Waals surface area (Å²) >= 11 is 0. The van der Waals surface area contributed by atoms with Gasteiger partial charge in [-0.15, -0.1) is 0 Å². The lowest BCUT2D eigenvalue weighted by Crippen LogP contribution is -2.59. The molecule has 0 aliphatic carbocycles. The summed E-state index contributed by atoms with van der Waals surface area (Å²) in [7, 11) is 1.61. The lowest BCUT2D eigenvalue weighted by Gasteiger charge is -2.50. The quantitative estimate of drug-likeness (QED) is 0.136. The number of cyclic esters (lactones) is 2. The Labute approximate surface area is 380 Å². The highest BCUT2D eigenvalue weighted by Crippen LogP contribution is 2.44. The molecule has 0 bridgehead atoms. The monoisotopic (exact) mass is 909 g/mol. The first kappa shape index (κ1) is 54.1. The van der Waals surface area contributed by atoms with E-state index in [0.29, 0.717) is 6.42 Å². The first-order valence-corrected chi connectivity index (χ1v) is 23.5. The molecular weight excluding hydrogens is 829 g/mol. The van der Waals surface area contributed by atoms with E-state index in [0.717, 1.165) is 6.42 Å². The van der Waals surface area contributed by atoms with Gasteiger partial charge in [0.25, 0.3) is 0 Å². The summed E-state index contributed by atoms with van der Waals surface area (Å²) in [5.74, 6) is -8.92. The number of carbonyl (C=O) groups is 2. The second-order valence-corrected chi connectivity index (χ2v) is 19.2. The van der Waals surface area contributed by atoms with Crippen LogP contribution in [0.25, 0.3) is 0 Å². The highest BCUT2D eigenvalue weighted by molar-refractivity contribution is 5.83. The van der Waals surface area contributed by atoms with E-state index in [1.807, 2.05) is 41.5 Å². The van der Waals surface area contributed by atoms with Crippen LogP contribution in [0, 0.1) is 47.3 Å². The second kappa shape index (κ2) is 23.5. The number of aliphatic hydroxyl groups excluding tert-OH is 4. The fourth-order valence-electron chi connectivity index (χ4n) is 10.4. The molecule has 4 aliphatic rings. The van der Waals surface area contributed by atoms with Gasteiger partial charge >= 0.3 is 11.9 Å². The zero-order valence-corrected chi connectivity index (χ0v) is 40.1. The van der Waals surface area contributed by atoms with Crippen LogP contribution in [0.4, 0.5) is 0 Å². The standard InChI is InChI=1S/C49H80O15/c1-13-35-32(9)63-48(56,24-38(35)58-12)30(7)43(53)28(5)46-26(3)19-15-17-22-41(52)62-47(27(4)20-16-18-21-40(51)61-46)29(6)44(54)31(8)49(57)25-39(36(14-2)33(10)64-49)60-42-23-37(50)45(55)34(11)59-42/h15-22,26-39,42-47,50,53-57H,13-14,23-25H2,1-12H3/b19-15+,20-16+,21-18+,22-17+. The maximum atomic E-state index is 13.4. The average molecular weight is 909 g/mol. The smallest absolute Gasteiger partial charge is 0.331 e. The number of aliphatic hydroxyl groups is 6. The van der Waals surface area contributed by atoms with Crippen LogP contribution in [0.1, 0.15) is 108 Å². The molecule has 4 rings (SSSR count). The van der Waals surface area contributed by atoms with E-state index >= 15 is 0 Å². The van der Waals surface area contributed by atoms with Crippen molar-refractivity contribution in [3.8, 4) is 0 Å². The van der Waals surface area contributed by atoms with Gasteiger partial charge in [-0.3, -0.25) is 0 Å². The molecule has 15 heteroatoms. The number of esters is 2. The Morgan fingerprint density at radius 3 is 1.52 bits per heavy atom. The van der Waals surface area contributed by atoms with Crippen LogP contribution < -0.4 is 0 Å². The van der Waals surface area contributed by atoms with Crippen molar-refractivity contribution in [3.05, 3.63) is 48.6 Å². The first-order valence-electron chi connectivity index (χ1n) is 23.5.